The number of nitrogens with two attached hydrogens (primary N) is 2. The van der Waals surface area contributed by atoms with Crippen molar-refractivity contribution in [1.82, 2.24) is 10.2 Å². The number of amides is 1. The summed E-state index contributed by atoms with van der Waals surface area (Å²) in [6.45, 7) is 0.224. The highest BCUT2D eigenvalue weighted by Crippen LogP contribution is 2.46. The molecule has 0 heterocycles. The lowest BCUT2D eigenvalue weighted by molar-refractivity contribution is -0.142. The Morgan fingerprint density at radius 3 is 2.44 bits per heavy atom. The number of guanidine groups is 1. The van der Waals surface area contributed by atoms with Gasteiger partial charge in [-0.05, 0) is 66.9 Å². The predicted octanol–water partition coefficient (Wildman–Crippen LogP) is 1.93. The van der Waals surface area contributed by atoms with E-state index in [1.165, 1.54) is 12.1 Å². The molecule has 0 aliphatic heterocycles. The first kappa shape index (κ1) is 31.5. The fourth-order valence-electron chi connectivity index (χ4n) is 4.98. The van der Waals surface area contributed by atoms with E-state index in [2.05, 4.69) is 15.2 Å². The number of carboxylic acid groups (broad SMARTS) is 1. The van der Waals surface area contributed by atoms with E-state index >= 15 is 0 Å². The number of aliphatic imine (C=N–C) groups is 1. The quantitative estimate of drug-likeness (QED) is 0.114. The zero-order valence-electron chi connectivity index (χ0n) is 23.2. The summed E-state index contributed by atoms with van der Waals surface area (Å²) in [6, 6.07) is 12.9. The topological polar surface area (TPSA) is 174 Å². The number of likely N-dealkylation sites (N-methyl/N-ethyl adjacent to an activating group) is 1. The first-order chi connectivity index (χ1) is 19.5. The summed E-state index contributed by atoms with van der Waals surface area (Å²) >= 11 is 0. The minimum absolute atomic E-state index is 0.102. The second kappa shape index (κ2) is 14.5. The van der Waals surface area contributed by atoms with Gasteiger partial charge in [0.25, 0.3) is 0 Å². The molecule has 1 aliphatic carbocycles. The van der Waals surface area contributed by atoms with Gasteiger partial charge in [0.05, 0.1) is 24.7 Å². The van der Waals surface area contributed by atoms with Crippen LogP contribution in [0.3, 0.4) is 0 Å². The highest BCUT2D eigenvalue weighted by atomic mass is 19.1. The maximum Gasteiger partial charge on any atom is 0.326 e. The van der Waals surface area contributed by atoms with E-state index in [9.17, 15) is 29.3 Å². The standard InChI is InChI=1S/C30H38FN5O5/c1-36(2)28-23-7-4-3-6-22(23)27(18-9-11-19(31)12-10-18)24(28)14-13-20(37)16-21(38)17-26(39)35-25(29(40)41)8-5-15-34-30(32)33/h3-4,6-7,9-14,20-21,25,28,37-38H,5,8,15-17H2,1-2H3,(H,35,39)(H,40,41)(H4,32,33,34)/t20-,21-,25-,28?/m0/s1. The lowest BCUT2D eigenvalue weighted by Gasteiger charge is -2.23. The van der Waals surface area contributed by atoms with Gasteiger partial charge >= 0.3 is 5.97 Å². The van der Waals surface area contributed by atoms with Crippen molar-refractivity contribution < 1.29 is 29.3 Å². The summed E-state index contributed by atoms with van der Waals surface area (Å²) in [5, 5.41) is 32.9. The number of halogens is 1. The van der Waals surface area contributed by atoms with E-state index in [0.29, 0.717) is 6.42 Å². The summed E-state index contributed by atoms with van der Waals surface area (Å²) in [5.41, 5.74) is 15.2. The smallest absolute Gasteiger partial charge is 0.326 e. The molecule has 0 spiro atoms. The Morgan fingerprint density at radius 1 is 1.12 bits per heavy atom. The molecule has 10 nitrogen and oxygen atoms in total. The van der Waals surface area contributed by atoms with Crippen LogP contribution in [0.1, 0.15) is 48.4 Å². The number of aliphatic hydroxyl groups is 2. The third-order valence-electron chi connectivity index (χ3n) is 6.77. The van der Waals surface area contributed by atoms with Crippen LogP contribution in [0.2, 0.25) is 0 Å². The normalized spacial score (nSPS) is 16.9. The molecule has 220 valence electrons. The molecule has 3 rings (SSSR count). The van der Waals surface area contributed by atoms with E-state index in [1.54, 1.807) is 24.3 Å². The predicted molar refractivity (Wildman–Crippen MR) is 155 cm³/mol. The second-order valence-corrected chi connectivity index (χ2v) is 10.2. The molecule has 2 aromatic carbocycles. The first-order valence-electron chi connectivity index (χ1n) is 13.4. The van der Waals surface area contributed by atoms with Crippen LogP contribution in [-0.2, 0) is 9.59 Å². The van der Waals surface area contributed by atoms with Crippen molar-refractivity contribution in [2.75, 3.05) is 20.6 Å². The average molecular weight is 568 g/mol. The molecule has 1 unspecified atom stereocenters. The highest BCUT2D eigenvalue weighted by molar-refractivity contribution is 5.90. The van der Waals surface area contributed by atoms with Crippen molar-refractivity contribution in [2.45, 2.75) is 50.0 Å². The Bertz CT molecular complexity index is 1300. The van der Waals surface area contributed by atoms with Gasteiger partial charge in [-0.3, -0.25) is 14.7 Å². The van der Waals surface area contributed by atoms with Crippen LogP contribution in [0.4, 0.5) is 4.39 Å². The van der Waals surface area contributed by atoms with Crippen LogP contribution in [0.15, 0.2) is 71.2 Å². The van der Waals surface area contributed by atoms with Crippen LogP contribution >= 0.6 is 0 Å². The fraction of sp³-hybridized carbons (Fsp3) is 0.367. The zero-order chi connectivity index (χ0) is 30.1. The third-order valence-corrected chi connectivity index (χ3v) is 6.77. The molecule has 4 atom stereocenters. The molecule has 11 heteroatoms. The number of nitrogens with zero attached hydrogens (tertiary/aromatic N) is 2. The second-order valence-electron chi connectivity index (χ2n) is 10.2. The van der Waals surface area contributed by atoms with Crippen molar-refractivity contribution in [1.29, 1.82) is 0 Å². The molecular formula is C30H38FN5O5. The fourth-order valence-corrected chi connectivity index (χ4v) is 4.98. The SMILES string of the molecule is CN(C)C1C(C=C[C@H](O)C[C@H](O)CC(=O)N[C@@H](CCCN=C(N)N)C(=O)O)=C(c2ccc(F)cc2)c2ccccc21. The van der Waals surface area contributed by atoms with Crippen molar-refractivity contribution in [3.8, 4) is 0 Å². The summed E-state index contributed by atoms with van der Waals surface area (Å²) in [6.07, 6.45) is 1.02. The molecule has 1 amide bonds. The summed E-state index contributed by atoms with van der Waals surface area (Å²) in [4.78, 5) is 29.7. The average Bonchev–Trinajstić information content (AvgIpc) is 3.23. The van der Waals surface area contributed by atoms with Gasteiger partial charge in [-0.1, -0.05) is 48.6 Å². The molecule has 2 aromatic rings. The Hall–Kier alpha value is -4.06. The molecule has 0 saturated heterocycles. The molecule has 1 aliphatic rings. The van der Waals surface area contributed by atoms with Gasteiger partial charge in [0, 0.05) is 13.0 Å². The number of carbonyl (C=O) groups is 2. The van der Waals surface area contributed by atoms with E-state index in [4.69, 9.17) is 11.5 Å². The molecule has 0 fully saturated rings. The van der Waals surface area contributed by atoms with Crippen molar-refractivity contribution >= 4 is 23.4 Å². The Balaban J connectivity index is 1.70. The van der Waals surface area contributed by atoms with Crippen LogP contribution in [0.5, 0.6) is 0 Å². The number of rotatable bonds is 14. The Labute approximate surface area is 238 Å². The van der Waals surface area contributed by atoms with Gasteiger partial charge in [-0.15, -0.1) is 0 Å². The van der Waals surface area contributed by atoms with E-state index in [0.717, 1.165) is 27.8 Å². The van der Waals surface area contributed by atoms with E-state index < -0.39 is 30.1 Å². The summed E-state index contributed by atoms with van der Waals surface area (Å²) in [7, 11) is 3.90. The van der Waals surface area contributed by atoms with Crippen LogP contribution < -0.4 is 16.8 Å². The van der Waals surface area contributed by atoms with Gasteiger partial charge in [-0.25, -0.2) is 9.18 Å². The summed E-state index contributed by atoms with van der Waals surface area (Å²) in [5.74, 6) is -2.30. The monoisotopic (exact) mass is 567 g/mol. The summed E-state index contributed by atoms with van der Waals surface area (Å²) < 4.78 is 13.7. The molecule has 41 heavy (non-hydrogen) atoms. The minimum Gasteiger partial charge on any atom is -0.480 e. The van der Waals surface area contributed by atoms with Gasteiger partial charge in [0.2, 0.25) is 5.91 Å². The van der Waals surface area contributed by atoms with E-state index in [-0.39, 0.29) is 43.6 Å². The zero-order valence-corrected chi connectivity index (χ0v) is 23.2. The third kappa shape index (κ3) is 8.71. The lowest BCUT2D eigenvalue weighted by atomic mass is 9.96. The van der Waals surface area contributed by atoms with Crippen molar-refractivity contribution in [3.05, 3.63) is 88.8 Å². The number of hydrogen-bond acceptors (Lipinski definition) is 6. The number of fused-ring (bicyclic) bond motifs is 1. The van der Waals surface area contributed by atoms with Gasteiger partial charge in [0.15, 0.2) is 5.96 Å². The minimum atomic E-state index is -1.21. The number of hydrogen-bond donors (Lipinski definition) is 6. The van der Waals surface area contributed by atoms with Gasteiger partial charge in [0.1, 0.15) is 11.9 Å². The molecule has 0 bridgehead atoms. The largest absolute Gasteiger partial charge is 0.480 e. The number of aliphatic carboxylic acids is 1. The first-order valence-corrected chi connectivity index (χ1v) is 13.4. The molecule has 0 aromatic heterocycles. The molecule has 8 N–H and O–H groups in total. The maximum absolute atomic E-state index is 13.7. The van der Waals surface area contributed by atoms with Crippen LogP contribution in [-0.4, -0.2) is 76.9 Å². The number of carboxylic acids is 1. The number of benzene rings is 2. The number of carbonyl (C=O) groups excluding carboxylic acids is 1. The molecule has 0 radical (unpaired) electrons. The molecule has 0 saturated carbocycles. The van der Waals surface area contributed by atoms with Crippen LogP contribution in [0, 0.1) is 5.82 Å². The lowest BCUT2D eigenvalue weighted by Crippen LogP contribution is -2.42. The van der Waals surface area contributed by atoms with Crippen LogP contribution in [0.25, 0.3) is 5.57 Å². The number of aliphatic hydroxyl groups excluding tert-OH is 2. The van der Waals surface area contributed by atoms with E-state index in [1.807, 2.05) is 38.4 Å². The van der Waals surface area contributed by atoms with Gasteiger partial charge in [-0.2, -0.15) is 0 Å². The van der Waals surface area contributed by atoms with Crippen molar-refractivity contribution in [2.24, 2.45) is 16.5 Å². The van der Waals surface area contributed by atoms with Gasteiger partial charge < -0.3 is 32.1 Å². The maximum atomic E-state index is 13.7. The highest BCUT2D eigenvalue weighted by Gasteiger charge is 2.32. The number of nitrogens with one attached hydrogen (secondary N) is 1. The Kier molecular flexibility index (Phi) is 11.2. The van der Waals surface area contributed by atoms with Crippen molar-refractivity contribution in [3.63, 3.8) is 0 Å². The molecular weight excluding hydrogens is 529 g/mol. The Morgan fingerprint density at radius 2 is 1.80 bits per heavy atom.